The van der Waals surface area contributed by atoms with Gasteiger partial charge in [-0.1, -0.05) is 28.1 Å². The first-order chi connectivity index (χ1) is 15.8. The fraction of sp³-hybridized carbons (Fsp3) is 0.440. The molecule has 0 spiro atoms. The standard InChI is InChI=1S/C25H30BrN3O4/c1-17-12-21-23(13-18(17)2)33-16-25(31)29(21)15-24(30)27(3)22(14-28-8-10-32-11-9-28)19-4-6-20(26)7-5-19/h4-7,12-13,22H,8-11,14-16H2,1-3H3. The average Bonchev–Trinajstić information content (AvgIpc) is 2.81. The number of nitrogens with zero attached hydrogens (tertiary/aromatic N) is 3. The minimum absolute atomic E-state index is 0.0235. The molecule has 1 unspecified atom stereocenters. The highest BCUT2D eigenvalue weighted by Gasteiger charge is 2.31. The molecular formula is C25H30BrN3O4. The number of halogens is 1. The van der Waals surface area contributed by atoms with Crippen molar-refractivity contribution in [3.05, 3.63) is 57.6 Å². The number of rotatable bonds is 6. The Morgan fingerprint density at radius 1 is 1.12 bits per heavy atom. The van der Waals surface area contributed by atoms with E-state index in [1.807, 2.05) is 57.3 Å². The largest absolute Gasteiger partial charge is 0.482 e. The summed E-state index contributed by atoms with van der Waals surface area (Å²) < 4.78 is 12.1. The summed E-state index contributed by atoms with van der Waals surface area (Å²) in [5.41, 5.74) is 3.86. The van der Waals surface area contributed by atoms with Crippen molar-refractivity contribution in [3.63, 3.8) is 0 Å². The second-order valence-electron chi connectivity index (χ2n) is 8.66. The molecule has 0 aliphatic carbocycles. The van der Waals surface area contributed by atoms with Gasteiger partial charge in [-0.25, -0.2) is 0 Å². The van der Waals surface area contributed by atoms with E-state index >= 15 is 0 Å². The summed E-state index contributed by atoms with van der Waals surface area (Å²) in [6.45, 7) is 7.69. The summed E-state index contributed by atoms with van der Waals surface area (Å²) >= 11 is 3.49. The molecule has 7 nitrogen and oxygen atoms in total. The minimum atomic E-state index is -0.208. The number of benzene rings is 2. The van der Waals surface area contributed by atoms with Crippen molar-refractivity contribution in [2.24, 2.45) is 0 Å². The lowest BCUT2D eigenvalue weighted by molar-refractivity contribution is -0.133. The first-order valence-corrected chi connectivity index (χ1v) is 12.0. The van der Waals surface area contributed by atoms with Crippen molar-refractivity contribution in [1.82, 2.24) is 9.80 Å². The van der Waals surface area contributed by atoms with Gasteiger partial charge in [0.25, 0.3) is 5.91 Å². The van der Waals surface area contributed by atoms with E-state index < -0.39 is 0 Å². The van der Waals surface area contributed by atoms with Crippen LogP contribution in [0.25, 0.3) is 0 Å². The third kappa shape index (κ3) is 5.39. The van der Waals surface area contributed by atoms with Crippen LogP contribution in [0.1, 0.15) is 22.7 Å². The van der Waals surface area contributed by atoms with Crippen LogP contribution in [0, 0.1) is 13.8 Å². The molecule has 0 N–H and O–H groups in total. The van der Waals surface area contributed by atoms with Gasteiger partial charge in [0.15, 0.2) is 6.61 Å². The van der Waals surface area contributed by atoms with E-state index in [1.54, 1.807) is 9.80 Å². The highest BCUT2D eigenvalue weighted by Crippen LogP contribution is 2.35. The third-order valence-corrected chi connectivity index (χ3v) is 6.99. The number of carbonyl (C=O) groups is 2. The second-order valence-corrected chi connectivity index (χ2v) is 9.57. The number of anilines is 1. The Kier molecular flexibility index (Phi) is 7.36. The van der Waals surface area contributed by atoms with Crippen LogP contribution in [0.15, 0.2) is 40.9 Å². The Labute approximate surface area is 203 Å². The Hall–Kier alpha value is -2.42. The Morgan fingerprint density at radius 2 is 1.79 bits per heavy atom. The van der Waals surface area contributed by atoms with Crippen LogP contribution in [-0.4, -0.2) is 74.7 Å². The number of aryl methyl sites for hydroxylation is 2. The molecule has 2 amide bonds. The Balaban J connectivity index is 1.57. The maximum absolute atomic E-state index is 13.5. The molecule has 33 heavy (non-hydrogen) atoms. The van der Waals surface area contributed by atoms with Crippen LogP contribution in [0.5, 0.6) is 5.75 Å². The molecule has 176 valence electrons. The molecule has 2 aliphatic rings. The smallest absolute Gasteiger partial charge is 0.265 e. The molecule has 0 saturated carbocycles. The molecular weight excluding hydrogens is 486 g/mol. The number of hydrogen-bond donors (Lipinski definition) is 0. The van der Waals surface area contributed by atoms with Gasteiger partial charge in [-0.15, -0.1) is 0 Å². The monoisotopic (exact) mass is 515 g/mol. The topological polar surface area (TPSA) is 62.3 Å². The van der Waals surface area contributed by atoms with Gasteiger partial charge in [-0.3, -0.25) is 19.4 Å². The van der Waals surface area contributed by atoms with E-state index in [2.05, 4.69) is 20.8 Å². The average molecular weight is 516 g/mol. The van der Waals surface area contributed by atoms with Crippen molar-refractivity contribution in [3.8, 4) is 5.75 Å². The fourth-order valence-electron chi connectivity index (χ4n) is 4.21. The lowest BCUT2D eigenvalue weighted by atomic mass is 10.0. The van der Waals surface area contributed by atoms with Gasteiger partial charge in [0, 0.05) is 31.2 Å². The number of morpholine rings is 1. The molecule has 0 aromatic heterocycles. The molecule has 0 radical (unpaired) electrons. The van der Waals surface area contributed by atoms with Gasteiger partial charge >= 0.3 is 0 Å². The zero-order chi connectivity index (χ0) is 23.5. The van der Waals surface area contributed by atoms with Gasteiger partial charge in [0.05, 0.1) is 24.9 Å². The second kappa shape index (κ2) is 10.2. The molecule has 1 saturated heterocycles. The van der Waals surface area contributed by atoms with Gasteiger partial charge in [0.1, 0.15) is 12.3 Å². The number of hydrogen-bond acceptors (Lipinski definition) is 5. The van der Waals surface area contributed by atoms with Crippen LogP contribution in [0.3, 0.4) is 0 Å². The van der Waals surface area contributed by atoms with E-state index in [0.29, 0.717) is 31.2 Å². The van der Waals surface area contributed by atoms with E-state index in [4.69, 9.17) is 9.47 Å². The van der Waals surface area contributed by atoms with E-state index in [9.17, 15) is 9.59 Å². The molecule has 4 rings (SSSR count). The molecule has 2 heterocycles. The van der Waals surface area contributed by atoms with Crippen LogP contribution >= 0.6 is 15.9 Å². The first kappa shape index (κ1) is 23.7. The molecule has 2 aliphatic heterocycles. The molecule has 8 heteroatoms. The zero-order valence-corrected chi connectivity index (χ0v) is 20.9. The molecule has 2 aromatic rings. The summed E-state index contributed by atoms with van der Waals surface area (Å²) in [4.78, 5) is 31.8. The summed E-state index contributed by atoms with van der Waals surface area (Å²) in [5, 5.41) is 0. The normalized spacial score (nSPS) is 17.3. The SMILES string of the molecule is Cc1cc2c(cc1C)N(CC(=O)N(C)C(CN1CCOCC1)c1ccc(Br)cc1)C(=O)CO2. The third-order valence-electron chi connectivity index (χ3n) is 6.46. The minimum Gasteiger partial charge on any atom is -0.482 e. The lowest BCUT2D eigenvalue weighted by Crippen LogP contribution is -2.48. The van der Waals surface area contributed by atoms with Crippen LogP contribution in [0.4, 0.5) is 5.69 Å². The lowest BCUT2D eigenvalue weighted by Gasteiger charge is -2.37. The van der Waals surface area contributed by atoms with Gasteiger partial charge in [0.2, 0.25) is 5.91 Å². The van der Waals surface area contributed by atoms with Crippen LogP contribution < -0.4 is 9.64 Å². The molecule has 2 aromatic carbocycles. The summed E-state index contributed by atoms with van der Waals surface area (Å²) in [6.07, 6.45) is 0. The van der Waals surface area contributed by atoms with Crippen molar-refractivity contribution >= 4 is 33.4 Å². The Bertz CT molecular complexity index is 1020. The highest BCUT2D eigenvalue weighted by atomic mass is 79.9. The summed E-state index contributed by atoms with van der Waals surface area (Å²) in [5.74, 6) is 0.322. The van der Waals surface area contributed by atoms with Gasteiger partial charge in [-0.2, -0.15) is 0 Å². The van der Waals surface area contributed by atoms with Crippen molar-refractivity contribution in [2.45, 2.75) is 19.9 Å². The Morgan fingerprint density at radius 3 is 2.48 bits per heavy atom. The van der Waals surface area contributed by atoms with Gasteiger partial charge < -0.3 is 14.4 Å². The van der Waals surface area contributed by atoms with Crippen molar-refractivity contribution in [2.75, 3.05) is 57.9 Å². The number of amides is 2. The van der Waals surface area contributed by atoms with Crippen molar-refractivity contribution in [1.29, 1.82) is 0 Å². The summed E-state index contributed by atoms with van der Waals surface area (Å²) in [6, 6.07) is 11.8. The van der Waals surface area contributed by atoms with E-state index in [0.717, 1.165) is 34.3 Å². The molecule has 1 atom stereocenters. The number of likely N-dealkylation sites (N-methyl/N-ethyl adjacent to an activating group) is 1. The predicted octanol–water partition coefficient (Wildman–Crippen LogP) is 3.32. The van der Waals surface area contributed by atoms with E-state index in [1.165, 1.54) is 0 Å². The predicted molar refractivity (Wildman–Crippen MR) is 131 cm³/mol. The zero-order valence-electron chi connectivity index (χ0n) is 19.3. The van der Waals surface area contributed by atoms with Gasteiger partial charge in [-0.05, 0) is 54.8 Å². The number of ether oxygens (including phenoxy) is 2. The number of fused-ring (bicyclic) bond motifs is 1. The quantitative estimate of drug-likeness (QED) is 0.590. The van der Waals surface area contributed by atoms with E-state index in [-0.39, 0.29) is 31.0 Å². The molecule has 0 bridgehead atoms. The first-order valence-electron chi connectivity index (χ1n) is 11.2. The highest BCUT2D eigenvalue weighted by molar-refractivity contribution is 9.10. The van der Waals surface area contributed by atoms with Crippen LogP contribution in [0.2, 0.25) is 0 Å². The summed E-state index contributed by atoms with van der Waals surface area (Å²) in [7, 11) is 1.82. The van der Waals surface area contributed by atoms with Crippen molar-refractivity contribution < 1.29 is 19.1 Å². The number of carbonyl (C=O) groups excluding carboxylic acids is 2. The van der Waals surface area contributed by atoms with Crippen LogP contribution in [-0.2, 0) is 14.3 Å². The fourth-order valence-corrected chi connectivity index (χ4v) is 4.48. The maximum Gasteiger partial charge on any atom is 0.265 e. The maximum atomic E-state index is 13.5. The molecule has 1 fully saturated rings.